The molecule has 0 aliphatic carbocycles. The third-order valence-electron chi connectivity index (χ3n) is 2.86. The molecule has 0 spiro atoms. The Kier molecular flexibility index (Phi) is 3.30. The molecule has 0 saturated heterocycles. The first-order valence-electron chi connectivity index (χ1n) is 5.77. The summed E-state index contributed by atoms with van der Waals surface area (Å²) in [6.45, 7) is 5.71. The van der Waals surface area contributed by atoms with Crippen LogP contribution >= 0.6 is 11.6 Å². The molecule has 96 valence electrons. The lowest BCUT2D eigenvalue weighted by molar-refractivity contribution is -0.152. The van der Waals surface area contributed by atoms with Crippen molar-refractivity contribution in [3.8, 4) is 11.4 Å². The summed E-state index contributed by atoms with van der Waals surface area (Å²) in [4.78, 5) is 16.3. The second-order valence-corrected chi connectivity index (χ2v) is 4.97. The van der Waals surface area contributed by atoms with Gasteiger partial charge in [0.25, 0.3) is 0 Å². The number of carbonyl (C=O) groups excluding carboxylic acids is 1. The van der Waals surface area contributed by atoms with Crippen LogP contribution in [0.15, 0.2) is 24.5 Å². The molecule has 0 fully saturated rings. The van der Waals surface area contributed by atoms with Gasteiger partial charge in [0.05, 0.1) is 11.6 Å². The SMILES string of the molecule is CCOC(=O)C(C)(C)n1cc(Cl)cc2ccnc1-2. The molecule has 0 aromatic carbocycles. The van der Waals surface area contributed by atoms with Crippen molar-refractivity contribution in [2.24, 2.45) is 0 Å². The quantitative estimate of drug-likeness (QED) is 0.803. The monoisotopic (exact) mass is 266 g/mol. The summed E-state index contributed by atoms with van der Waals surface area (Å²) < 4.78 is 6.85. The van der Waals surface area contributed by atoms with Crippen molar-refractivity contribution in [3.63, 3.8) is 0 Å². The van der Waals surface area contributed by atoms with Crippen LogP contribution in [0.3, 0.4) is 0 Å². The molecule has 5 heteroatoms. The summed E-state index contributed by atoms with van der Waals surface area (Å²) in [5.74, 6) is 0.416. The maximum Gasteiger partial charge on any atom is 0.331 e. The van der Waals surface area contributed by atoms with Gasteiger partial charge in [0.1, 0.15) is 11.4 Å². The molecule has 0 N–H and O–H groups in total. The number of hydrogen-bond donors (Lipinski definition) is 0. The number of aromatic nitrogens is 2. The molecular formula is C13H15ClN2O2. The fourth-order valence-corrected chi connectivity index (χ4v) is 2.07. The van der Waals surface area contributed by atoms with Gasteiger partial charge in [0.15, 0.2) is 0 Å². The van der Waals surface area contributed by atoms with E-state index in [4.69, 9.17) is 16.3 Å². The standard InChI is InChI=1S/C13H15ClN2O2/c1-4-18-12(17)13(2,3)16-8-10(14)7-9-5-6-15-11(9)16/h5-8H,4H2,1-3H3. The van der Waals surface area contributed by atoms with E-state index in [1.54, 1.807) is 37.7 Å². The Bertz CT molecular complexity index is 548. The minimum atomic E-state index is -0.847. The molecule has 18 heavy (non-hydrogen) atoms. The Balaban J connectivity index is 2.53. The number of nitrogens with zero attached hydrogens (tertiary/aromatic N) is 2. The summed E-state index contributed by atoms with van der Waals surface area (Å²) in [5, 5.41) is 0.563. The van der Waals surface area contributed by atoms with Crippen LogP contribution in [-0.2, 0) is 15.1 Å². The van der Waals surface area contributed by atoms with E-state index < -0.39 is 5.54 Å². The van der Waals surface area contributed by atoms with Crippen LogP contribution < -0.4 is 0 Å². The average Bonchev–Trinajstić information content (AvgIpc) is 2.75. The Labute approximate surface area is 111 Å². The van der Waals surface area contributed by atoms with E-state index in [-0.39, 0.29) is 5.97 Å². The van der Waals surface area contributed by atoms with Gasteiger partial charge in [-0.25, -0.2) is 9.78 Å². The number of esters is 1. The molecule has 4 nitrogen and oxygen atoms in total. The van der Waals surface area contributed by atoms with Gasteiger partial charge in [0, 0.05) is 18.0 Å². The van der Waals surface area contributed by atoms with E-state index in [2.05, 4.69) is 4.98 Å². The molecule has 0 atom stereocenters. The van der Waals surface area contributed by atoms with Gasteiger partial charge in [-0.3, -0.25) is 0 Å². The predicted molar refractivity (Wildman–Crippen MR) is 69.8 cm³/mol. The number of ether oxygens (including phenoxy) is 1. The van der Waals surface area contributed by atoms with Gasteiger partial charge in [-0.1, -0.05) is 11.6 Å². The number of pyridine rings is 1. The second kappa shape index (κ2) is 4.61. The van der Waals surface area contributed by atoms with Crippen LogP contribution in [0.1, 0.15) is 20.8 Å². The van der Waals surface area contributed by atoms with Crippen molar-refractivity contribution < 1.29 is 9.53 Å². The van der Waals surface area contributed by atoms with Crippen molar-refractivity contribution in [2.45, 2.75) is 26.3 Å². The zero-order chi connectivity index (χ0) is 13.3. The fourth-order valence-electron chi connectivity index (χ4n) is 1.85. The topological polar surface area (TPSA) is 44.1 Å². The summed E-state index contributed by atoms with van der Waals surface area (Å²) in [6, 6.07) is 3.68. The summed E-state index contributed by atoms with van der Waals surface area (Å²) >= 11 is 6.07. The molecule has 0 amide bonds. The number of hydrogen-bond acceptors (Lipinski definition) is 3. The molecule has 2 heterocycles. The summed E-state index contributed by atoms with van der Waals surface area (Å²) in [5.41, 5.74) is 0.0559. The highest BCUT2D eigenvalue weighted by molar-refractivity contribution is 6.30. The largest absolute Gasteiger partial charge is 0.464 e. The van der Waals surface area contributed by atoms with Crippen LogP contribution in [0.25, 0.3) is 11.4 Å². The minimum absolute atomic E-state index is 0.304. The Morgan fingerprint density at radius 3 is 2.94 bits per heavy atom. The average molecular weight is 267 g/mol. The number of rotatable bonds is 3. The summed E-state index contributed by atoms with van der Waals surface area (Å²) in [6.07, 6.45) is 3.40. The zero-order valence-corrected chi connectivity index (χ0v) is 11.4. The van der Waals surface area contributed by atoms with Crippen molar-refractivity contribution >= 4 is 17.6 Å². The van der Waals surface area contributed by atoms with Crippen LogP contribution in [-0.4, -0.2) is 22.1 Å². The van der Waals surface area contributed by atoms with Crippen molar-refractivity contribution in [2.75, 3.05) is 6.61 Å². The lowest BCUT2D eigenvalue weighted by Crippen LogP contribution is -2.38. The number of carbonyl (C=O) groups is 1. The van der Waals surface area contributed by atoms with Gasteiger partial charge in [-0.15, -0.1) is 0 Å². The molecule has 0 saturated carbocycles. The first-order chi connectivity index (χ1) is 8.46. The van der Waals surface area contributed by atoms with E-state index in [1.165, 1.54) is 0 Å². The molecular weight excluding hydrogens is 252 g/mol. The van der Waals surface area contributed by atoms with Crippen LogP contribution in [0, 0.1) is 0 Å². The maximum absolute atomic E-state index is 12.0. The molecule has 0 unspecified atom stereocenters. The van der Waals surface area contributed by atoms with Crippen LogP contribution in [0.5, 0.6) is 0 Å². The van der Waals surface area contributed by atoms with Gasteiger partial charge >= 0.3 is 5.97 Å². The highest BCUT2D eigenvalue weighted by Gasteiger charge is 2.33. The van der Waals surface area contributed by atoms with E-state index in [9.17, 15) is 4.79 Å². The van der Waals surface area contributed by atoms with Crippen LogP contribution in [0.4, 0.5) is 0 Å². The molecule has 2 rings (SSSR count). The Morgan fingerprint density at radius 1 is 1.56 bits per heavy atom. The summed E-state index contributed by atoms with van der Waals surface area (Å²) in [7, 11) is 0. The fraction of sp³-hybridized carbons (Fsp3) is 0.385. The van der Waals surface area contributed by atoms with E-state index in [1.807, 2.05) is 12.1 Å². The van der Waals surface area contributed by atoms with E-state index in [0.717, 1.165) is 11.4 Å². The molecule has 0 aromatic rings. The molecule has 0 bridgehead atoms. The smallest absolute Gasteiger partial charge is 0.331 e. The van der Waals surface area contributed by atoms with Gasteiger partial charge in [-0.2, -0.15) is 0 Å². The Hall–Kier alpha value is -1.55. The van der Waals surface area contributed by atoms with E-state index >= 15 is 0 Å². The first kappa shape index (κ1) is 12.9. The molecule has 2 aliphatic heterocycles. The van der Waals surface area contributed by atoms with Crippen molar-refractivity contribution in [3.05, 3.63) is 29.5 Å². The van der Waals surface area contributed by atoms with Crippen molar-refractivity contribution in [1.29, 1.82) is 0 Å². The van der Waals surface area contributed by atoms with Crippen LogP contribution in [0.2, 0.25) is 5.02 Å². The molecule has 2 aliphatic rings. The van der Waals surface area contributed by atoms with Crippen molar-refractivity contribution in [1.82, 2.24) is 9.55 Å². The lowest BCUT2D eigenvalue weighted by Gasteiger charge is -2.28. The predicted octanol–water partition coefficient (Wildman–Crippen LogP) is 2.94. The number of halogens is 1. The molecule has 0 radical (unpaired) electrons. The second-order valence-electron chi connectivity index (χ2n) is 4.53. The third kappa shape index (κ3) is 2.08. The Morgan fingerprint density at radius 2 is 2.28 bits per heavy atom. The number of fused-ring (bicyclic) bond motifs is 1. The van der Waals surface area contributed by atoms with Gasteiger partial charge in [0.2, 0.25) is 0 Å². The molecule has 0 aromatic heterocycles. The van der Waals surface area contributed by atoms with Gasteiger partial charge < -0.3 is 9.30 Å². The highest BCUT2D eigenvalue weighted by Crippen LogP contribution is 2.30. The third-order valence-corrected chi connectivity index (χ3v) is 3.07. The maximum atomic E-state index is 12.0. The minimum Gasteiger partial charge on any atom is -0.464 e. The first-order valence-corrected chi connectivity index (χ1v) is 6.15. The normalized spacial score (nSPS) is 11.8. The lowest BCUT2D eigenvalue weighted by atomic mass is 10.0. The van der Waals surface area contributed by atoms with E-state index in [0.29, 0.717) is 11.6 Å². The zero-order valence-electron chi connectivity index (χ0n) is 10.6. The van der Waals surface area contributed by atoms with Gasteiger partial charge in [-0.05, 0) is 32.9 Å². The highest BCUT2D eigenvalue weighted by atomic mass is 35.5.